The third kappa shape index (κ3) is 2.18. The van der Waals surface area contributed by atoms with Crippen LogP contribution in [0.2, 0.25) is 0 Å². The Morgan fingerprint density at radius 1 is 0.731 bits per heavy atom. The van der Waals surface area contributed by atoms with Gasteiger partial charge < -0.3 is 10.6 Å². The third-order valence-electron chi connectivity index (χ3n) is 4.04. The van der Waals surface area contributed by atoms with Crippen molar-refractivity contribution in [3.63, 3.8) is 0 Å². The molecule has 0 aliphatic carbocycles. The molecule has 2 aromatic carbocycles. The van der Waals surface area contributed by atoms with Gasteiger partial charge in [0.1, 0.15) is 35.4 Å². The summed E-state index contributed by atoms with van der Waals surface area (Å²) in [5.74, 6) is -2.72. The quantitative estimate of drug-likeness (QED) is 0.752. The highest BCUT2D eigenvalue weighted by atomic mass is 19.1. The molecular formula is C16H12F2N6O2. The number of nitrogens with one attached hydrogen (secondary N) is 2. The summed E-state index contributed by atoms with van der Waals surface area (Å²) >= 11 is 0. The van der Waals surface area contributed by atoms with Crippen LogP contribution in [-0.4, -0.2) is 25.2 Å². The molecule has 2 aliphatic rings. The van der Waals surface area contributed by atoms with Gasteiger partial charge in [0.25, 0.3) is 0 Å². The van der Waals surface area contributed by atoms with E-state index >= 15 is 8.78 Å². The van der Waals surface area contributed by atoms with E-state index in [9.17, 15) is 9.59 Å². The van der Waals surface area contributed by atoms with E-state index in [1.54, 1.807) is 0 Å². The van der Waals surface area contributed by atoms with Crippen LogP contribution in [0.1, 0.15) is 13.8 Å². The molecule has 8 nitrogen and oxygen atoms in total. The zero-order valence-electron chi connectivity index (χ0n) is 13.8. The Labute approximate surface area is 144 Å². The summed E-state index contributed by atoms with van der Waals surface area (Å²) in [6.07, 6.45) is 0. The fraction of sp³-hybridized carbons (Fsp3) is 0.250. The summed E-state index contributed by atoms with van der Waals surface area (Å²) in [4.78, 5) is 39.3. The highest BCUT2D eigenvalue weighted by molar-refractivity contribution is 5.97. The van der Waals surface area contributed by atoms with Crippen molar-refractivity contribution in [3.8, 4) is 0 Å². The maximum Gasteiger partial charge on any atom is 0.221 e. The van der Waals surface area contributed by atoms with Crippen LogP contribution in [0, 0.1) is 11.6 Å². The van der Waals surface area contributed by atoms with Gasteiger partial charge in [-0.15, -0.1) is 0 Å². The van der Waals surface area contributed by atoms with Crippen molar-refractivity contribution in [3.05, 3.63) is 33.1 Å². The first-order chi connectivity index (χ1) is 12.4. The van der Waals surface area contributed by atoms with Gasteiger partial charge in [-0.2, -0.15) is 0 Å². The first-order valence-electron chi connectivity index (χ1n) is 7.70. The zero-order valence-corrected chi connectivity index (χ0v) is 13.8. The average molecular weight is 358 g/mol. The van der Waals surface area contributed by atoms with Crippen LogP contribution in [0.5, 0.6) is 0 Å². The minimum Gasteiger partial charge on any atom is -0.322 e. The second-order valence-corrected chi connectivity index (χ2v) is 5.80. The number of anilines is 2. The van der Waals surface area contributed by atoms with Crippen LogP contribution in [0.25, 0.3) is 10.8 Å². The van der Waals surface area contributed by atoms with Gasteiger partial charge in [0.05, 0.1) is 21.5 Å². The molecule has 2 N–H and O–H groups in total. The molecule has 0 saturated carbocycles. The standard InChI is InChI=1S/C16H12F2N6O2/c1-5(25)23-13-9(17)7-8(11-15(13)21-3-19-11)10(18)14(24-6(2)26)16-12(7)20-4-22-16/h3-4H2,1-2H3,(H,23,25)(H,24,26). The van der Waals surface area contributed by atoms with Gasteiger partial charge in [-0.3, -0.25) is 29.6 Å². The Bertz CT molecular complexity index is 1170. The van der Waals surface area contributed by atoms with E-state index < -0.39 is 23.4 Å². The number of halogens is 2. The fourth-order valence-corrected chi connectivity index (χ4v) is 3.15. The molecule has 0 unspecified atom stereocenters. The lowest BCUT2D eigenvalue weighted by Crippen LogP contribution is -2.37. The van der Waals surface area contributed by atoms with Gasteiger partial charge in [0.15, 0.2) is 11.6 Å². The number of benzene rings is 2. The summed E-state index contributed by atoms with van der Waals surface area (Å²) in [6.45, 7) is 2.42. The molecule has 2 aliphatic heterocycles. The smallest absolute Gasteiger partial charge is 0.221 e. The van der Waals surface area contributed by atoms with Crippen LogP contribution in [0.4, 0.5) is 20.2 Å². The van der Waals surface area contributed by atoms with E-state index in [1.807, 2.05) is 0 Å². The zero-order chi connectivity index (χ0) is 18.6. The normalized spacial score (nSPS) is 13.8. The highest BCUT2D eigenvalue weighted by Gasteiger charge is 2.26. The van der Waals surface area contributed by atoms with E-state index in [2.05, 4.69) is 30.6 Å². The van der Waals surface area contributed by atoms with Crippen molar-refractivity contribution in [2.45, 2.75) is 13.8 Å². The van der Waals surface area contributed by atoms with Crippen LogP contribution >= 0.6 is 0 Å². The van der Waals surface area contributed by atoms with E-state index in [-0.39, 0.29) is 56.9 Å². The number of carbonyl (C=O) groups excluding carboxylic acids is 2. The molecule has 0 atom stereocenters. The van der Waals surface area contributed by atoms with Crippen LogP contribution in [0.15, 0.2) is 20.0 Å². The second-order valence-electron chi connectivity index (χ2n) is 5.80. The predicted octanol–water partition coefficient (Wildman–Crippen LogP) is -0.545. The Kier molecular flexibility index (Phi) is 3.49. The maximum atomic E-state index is 15.2. The average Bonchev–Trinajstić information content (AvgIpc) is 3.22. The number of hydrogen-bond donors (Lipinski definition) is 2. The van der Waals surface area contributed by atoms with Crippen molar-refractivity contribution in [2.24, 2.45) is 20.0 Å². The molecule has 0 aromatic heterocycles. The molecule has 0 radical (unpaired) electrons. The Hall–Kier alpha value is -3.30. The van der Waals surface area contributed by atoms with Gasteiger partial charge in [0, 0.05) is 13.8 Å². The fourth-order valence-electron chi connectivity index (χ4n) is 3.15. The summed E-state index contributed by atoms with van der Waals surface area (Å²) < 4.78 is 30.5. The SMILES string of the molecule is CC(=O)Nc1c(F)c2c3c(c(NC(C)=O)c(F)c2c2c1=NCN=2)=NCN=3. The number of fused-ring (bicyclic) bond motifs is 5. The van der Waals surface area contributed by atoms with E-state index in [0.717, 1.165) is 0 Å². The molecule has 0 saturated heterocycles. The third-order valence-corrected chi connectivity index (χ3v) is 4.04. The topological polar surface area (TPSA) is 108 Å². The second kappa shape index (κ2) is 5.61. The molecule has 2 aromatic rings. The van der Waals surface area contributed by atoms with Crippen LogP contribution in [-0.2, 0) is 9.59 Å². The molecule has 0 spiro atoms. The lowest BCUT2D eigenvalue weighted by Gasteiger charge is -2.11. The maximum absolute atomic E-state index is 15.2. The van der Waals surface area contributed by atoms with Crippen molar-refractivity contribution in [1.82, 2.24) is 0 Å². The summed E-state index contributed by atoms with van der Waals surface area (Å²) in [7, 11) is 0. The van der Waals surface area contributed by atoms with Gasteiger partial charge in [-0.05, 0) is 0 Å². The van der Waals surface area contributed by atoms with E-state index in [0.29, 0.717) is 0 Å². The molecule has 132 valence electrons. The molecule has 2 heterocycles. The van der Waals surface area contributed by atoms with Gasteiger partial charge in [-0.1, -0.05) is 0 Å². The van der Waals surface area contributed by atoms with Crippen molar-refractivity contribution >= 4 is 34.0 Å². The number of rotatable bonds is 2. The van der Waals surface area contributed by atoms with E-state index in [1.165, 1.54) is 13.8 Å². The van der Waals surface area contributed by atoms with E-state index in [4.69, 9.17) is 0 Å². The molecular weight excluding hydrogens is 346 g/mol. The Morgan fingerprint density at radius 2 is 1.08 bits per heavy atom. The minimum absolute atomic E-state index is 0.0199. The number of hydrogen-bond acceptors (Lipinski definition) is 6. The Morgan fingerprint density at radius 3 is 1.42 bits per heavy atom. The summed E-state index contributed by atoms with van der Waals surface area (Å²) in [6, 6.07) is 0. The number of nitrogens with zero attached hydrogens (tertiary/aromatic N) is 4. The molecule has 26 heavy (non-hydrogen) atoms. The highest BCUT2D eigenvalue weighted by Crippen LogP contribution is 2.22. The molecule has 0 bridgehead atoms. The lowest BCUT2D eigenvalue weighted by atomic mass is 10.0. The van der Waals surface area contributed by atoms with Crippen molar-refractivity contribution in [2.75, 3.05) is 24.0 Å². The van der Waals surface area contributed by atoms with Crippen molar-refractivity contribution in [1.29, 1.82) is 0 Å². The first-order valence-corrected chi connectivity index (χ1v) is 7.70. The lowest BCUT2D eigenvalue weighted by molar-refractivity contribution is -0.115. The van der Waals surface area contributed by atoms with Crippen molar-refractivity contribution < 1.29 is 18.4 Å². The first kappa shape index (κ1) is 16.2. The predicted molar refractivity (Wildman–Crippen MR) is 86.8 cm³/mol. The van der Waals surface area contributed by atoms with Crippen LogP contribution in [0.3, 0.4) is 0 Å². The molecule has 2 amide bonds. The molecule has 10 heteroatoms. The largest absolute Gasteiger partial charge is 0.322 e. The Balaban J connectivity index is 2.28. The number of carbonyl (C=O) groups is 2. The van der Waals surface area contributed by atoms with Gasteiger partial charge in [0.2, 0.25) is 11.8 Å². The van der Waals surface area contributed by atoms with Gasteiger partial charge in [-0.25, -0.2) is 8.78 Å². The summed E-state index contributed by atoms with van der Waals surface area (Å²) in [5, 5.41) is 4.84. The van der Waals surface area contributed by atoms with Gasteiger partial charge >= 0.3 is 0 Å². The number of amides is 2. The monoisotopic (exact) mass is 358 g/mol. The molecule has 4 rings (SSSR count). The van der Waals surface area contributed by atoms with Crippen LogP contribution < -0.4 is 32.1 Å². The summed E-state index contributed by atoms with van der Waals surface area (Å²) in [5.41, 5.74) is -0.338. The minimum atomic E-state index is -0.861. The molecule has 0 fully saturated rings.